The zero-order chi connectivity index (χ0) is 68.3. The summed E-state index contributed by atoms with van der Waals surface area (Å²) in [5.41, 5.74) is -6.50. The van der Waals surface area contributed by atoms with E-state index < -0.39 is 45.0 Å². The number of hydrogen-bond acceptors (Lipinski definition) is 10. The number of carbonyl (C=O) groups excluding carboxylic acids is 5. The molecular weight excluding hydrogens is 1140 g/mol. The Morgan fingerprint density at radius 2 is 0.348 bits per heavy atom. The SMILES string of the molecule is CCCCCCCCCCCCOC(=O)C(C)(C)CC(C)(CC(C)(CC(C)(CC(C)(CC)C(=O)OCCCCCCCCCCCC)C(=O)OCCCCCCCCCCCC)C(=O)OCCCCCCCCCCCC)C(=O)OCCCCCCCCCCCC. The van der Waals surface area contributed by atoms with Gasteiger partial charge in [0, 0.05) is 0 Å². The van der Waals surface area contributed by atoms with Crippen molar-refractivity contribution in [2.45, 2.75) is 436 Å². The molecule has 0 aliphatic heterocycles. The Labute approximate surface area is 571 Å². The number of ether oxygens (including phenoxy) is 5. The van der Waals surface area contributed by atoms with Gasteiger partial charge in [0.15, 0.2) is 0 Å². The molecule has 10 nitrogen and oxygen atoms in total. The first-order valence-electron chi connectivity index (χ1n) is 40.2. The second-order valence-corrected chi connectivity index (χ2v) is 30.8. The molecule has 0 heterocycles. The molecule has 0 fully saturated rings. The van der Waals surface area contributed by atoms with Crippen LogP contribution >= 0.6 is 0 Å². The highest BCUT2D eigenvalue weighted by Crippen LogP contribution is 2.52. The largest absolute Gasteiger partial charge is 0.465 e. The van der Waals surface area contributed by atoms with Crippen LogP contribution in [0.4, 0.5) is 0 Å². The standard InChI is InChI=1S/C82H156O10/c1-13-19-24-29-34-39-44-49-54-59-64-88-73(83)78(7,8)69-80(10,75(85)90-66-61-56-51-46-41-36-31-26-21-15-3)71-82(12,77(87)92-68-63-58-53-48-43-38-33-28-23-17-5)72-81(11,76(86)91-67-62-57-52-47-42-37-32-27-22-16-4)70-79(9,18-6)74(84)89-65-60-55-50-45-40-35-30-25-20-14-2/h13-72H2,1-12H3. The zero-order valence-electron chi connectivity index (χ0n) is 63.5. The molecule has 0 bridgehead atoms. The van der Waals surface area contributed by atoms with E-state index in [1.54, 1.807) is 0 Å². The van der Waals surface area contributed by atoms with Gasteiger partial charge in [-0.2, -0.15) is 0 Å². The summed E-state index contributed by atoms with van der Waals surface area (Å²) < 4.78 is 31.2. The lowest BCUT2D eigenvalue weighted by atomic mass is 9.59. The van der Waals surface area contributed by atoms with Crippen LogP contribution in [0.5, 0.6) is 0 Å². The van der Waals surface area contributed by atoms with Crippen molar-refractivity contribution in [3.05, 3.63) is 0 Å². The topological polar surface area (TPSA) is 132 Å². The minimum atomic E-state index is -1.47. The molecule has 0 aliphatic carbocycles. The summed E-state index contributed by atoms with van der Waals surface area (Å²) in [6.07, 6.45) is 58.2. The minimum absolute atomic E-state index is 0.0485. The quantitative estimate of drug-likeness (QED) is 0.0329. The Morgan fingerprint density at radius 3 is 0.543 bits per heavy atom. The zero-order valence-corrected chi connectivity index (χ0v) is 63.5. The monoisotopic (exact) mass is 1300 g/mol. The van der Waals surface area contributed by atoms with Gasteiger partial charge < -0.3 is 23.7 Å². The highest BCUT2D eigenvalue weighted by Gasteiger charge is 2.56. The Kier molecular flexibility index (Phi) is 56.8. The third-order valence-corrected chi connectivity index (χ3v) is 20.1. The van der Waals surface area contributed by atoms with E-state index in [4.69, 9.17) is 23.7 Å². The van der Waals surface area contributed by atoms with E-state index in [-0.39, 0.29) is 57.4 Å². The van der Waals surface area contributed by atoms with Gasteiger partial charge in [-0.15, -0.1) is 0 Å². The summed E-state index contributed by atoms with van der Waals surface area (Å²) in [6, 6.07) is 0. The predicted molar refractivity (Wildman–Crippen MR) is 389 cm³/mol. The van der Waals surface area contributed by atoms with Crippen LogP contribution in [0.15, 0.2) is 0 Å². The summed E-state index contributed by atoms with van der Waals surface area (Å²) in [6.45, 7) is 25.6. The fourth-order valence-corrected chi connectivity index (χ4v) is 14.3. The van der Waals surface area contributed by atoms with Crippen LogP contribution in [-0.2, 0) is 47.7 Å². The molecular formula is C82H156O10. The van der Waals surface area contributed by atoms with Crippen LogP contribution < -0.4 is 0 Å². The Balaban J connectivity index is 7.22. The number of rotatable bonds is 69. The summed E-state index contributed by atoms with van der Waals surface area (Å²) in [5.74, 6) is -2.18. The number of esters is 5. The number of hydrogen-bond donors (Lipinski definition) is 0. The summed E-state index contributed by atoms with van der Waals surface area (Å²) in [4.78, 5) is 74.8. The third-order valence-electron chi connectivity index (χ3n) is 20.1. The van der Waals surface area contributed by atoms with Crippen molar-refractivity contribution < 1.29 is 47.7 Å². The molecule has 0 amide bonds. The van der Waals surface area contributed by atoms with E-state index in [0.29, 0.717) is 32.5 Å². The van der Waals surface area contributed by atoms with Crippen LogP contribution in [0.3, 0.4) is 0 Å². The molecule has 0 rings (SSSR count). The van der Waals surface area contributed by atoms with Crippen molar-refractivity contribution in [2.75, 3.05) is 33.0 Å². The first-order valence-corrected chi connectivity index (χ1v) is 40.2. The molecule has 0 aromatic carbocycles. The maximum atomic E-state index is 15.5. The first-order chi connectivity index (χ1) is 44.3. The van der Waals surface area contributed by atoms with Gasteiger partial charge in [0.1, 0.15) is 0 Å². The second kappa shape index (κ2) is 58.5. The van der Waals surface area contributed by atoms with Gasteiger partial charge in [-0.25, -0.2) is 0 Å². The Morgan fingerprint density at radius 1 is 0.196 bits per heavy atom. The van der Waals surface area contributed by atoms with E-state index in [9.17, 15) is 9.59 Å². The minimum Gasteiger partial charge on any atom is -0.465 e. The molecule has 92 heavy (non-hydrogen) atoms. The molecule has 10 heteroatoms. The molecule has 0 saturated heterocycles. The average Bonchev–Trinajstić information content (AvgIpc) is 0.780. The van der Waals surface area contributed by atoms with Crippen molar-refractivity contribution in [3.63, 3.8) is 0 Å². The van der Waals surface area contributed by atoms with Crippen molar-refractivity contribution in [1.29, 1.82) is 0 Å². The summed E-state index contributed by atoms with van der Waals surface area (Å²) >= 11 is 0. The predicted octanol–water partition coefficient (Wildman–Crippen LogP) is 25.3. The number of carbonyl (C=O) groups is 5. The Bertz CT molecular complexity index is 1760. The molecule has 0 radical (unpaired) electrons. The first kappa shape index (κ1) is 89.3. The van der Waals surface area contributed by atoms with Gasteiger partial charge >= 0.3 is 29.8 Å². The van der Waals surface area contributed by atoms with Crippen molar-refractivity contribution in [3.8, 4) is 0 Å². The van der Waals surface area contributed by atoms with E-state index in [2.05, 4.69) is 34.6 Å². The molecule has 0 saturated carbocycles. The van der Waals surface area contributed by atoms with Gasteiger partial charge in [-0.1, -0.05) is 330 Å². The van der Waals surface area contributed by atoms with Crippen LogP contribution in [0.25, 0.3) is 0 Å². The third kappa shape index (κ3) is 45.7. The van der Waals surface area contributed by atoms with Gasteiger partial charge in [-0.05, 0) is 106 Å². The van der Waals surface area contributed by atoms with Crippen molar-refractivity contribution in [1.82, 2.24) is 0 Å². The lowest BCUT2D eigenvalue weighted by molar-refractivity contribution is -0.174. The molecule has 0 aromatic heterocycles. The lowest BCUT2D eigenvalue weighted by Crippen LogP contribution is -2.49. The normalized spacial score (nSPS) is 14.4. The molecule has 4 unspecified atom stereocenters. The van der Waals surface area contributed by atoms with Crippen LogP contribution in [0.2, 0.25) is 0 Å². The second-order valence-electron chi connectivity index (χ2n) is 30.8. The molecule has 0 aliphatic rings. The molecule has 0 N–H and O–H groups in total. The van der Waals surface area contributed by atoms with E-state index in [1.165, 1.54) is 205 Å². The van der Waals surface area contributed by atoms with Crippen LogP contribution in [0.1, 0.15) is 436 Å². The lowest BCUT2D eigenvalue weighted by Gasteiger charge is -2.44. The molecule has 544 valence electrons. The molecule has 0 aromatic rings. The molecule has 4 atom stereocenters. The average molecular weight is 1300 g/mol. The number of unbranched alkanes of at least 4 members (excludes halogenated alkanes) is 45. The fourth-order valence-electron chi connectivity index (χ4n) is 14.3. The maximum absolute atomic E-state index is 15.5. The van der Waals surface area contributed by atoms with Crippen molar-refractivity contribution in [2.24, 2.45) is 27.1 Å². The smallest absolute Gasteiger partial charge is 0.311 e. The van der Waals surface area contributed by atoms with Gasteiger partial charge in [0.25, 0.3) is 0 Å². The summed E-state index contributed by atoms with van der Waals surface area (Å²) in [7, 11) is 0. The van der Waals surface area contributed by atoms with Gasteiger partial charge in [0.2, 0.25) is 0 Å². The Hall–Kier alpha value is -2.65. The highest BCUT2D eigenvalue weighted by atomic mass is 16.6. The van der Waals surface area contributed by atoms with Gasteiger partial charge in [0.05, 0.1) is 60.1 Å². The van der Waals surface area contributed by atoms with Crippen LogP contribution in [0, 0.1) is 27.1 Å². The highest BCUT2D eigenvalue weighted by molar-refractivity contribution is 5.85. The fraction of sp³-hybridized carbons (Fsp3) is 0.939. The summed E-state index contributed by atoms with van der Waals surface area (Å²) in [5, 5.41) is 0. The maximum Gasteiger partial charge on any atom is 0.311 e. The van der Waals surface area contributed by atoms with E-state index in [0.717, 1.165) is 103 Å². The van der Waals surface area contributed by atoms with E-state index in [1.807, 2.05) is 48.5 Å². The molecule has 0 spiro atoms. The van der Waals surface area contributed by atoms with Crippen molar-refractivity contribution >= 4 is 29.8 Å². The van der Waals surface area contributed by atoms with Crippen LogP contribution in [-0.4, -0.2) is 62.9 Å². The van der Waals surface area contributed by atoms with Gasteiger partial charge in [-0.3, -0.25) is 24.0 Å². The van der Waals surface area contributed by atoms with E-state index >= 15 is 14.4 Å².